The van der Waals surface area contributed by atoms with Crippen LogP contribution in [0.2, 0.25) is 0 Å². The van der Waals surface area contributed by atoms with Gasteiger partial charge in [0, 0.05) is 18.2 Å². The first kappa shape index (κ1) is 25.9. The average molecular weight is 365 g/mol. The van der Waals surface area contributed by atoms with Gasteiger partial charge in [0.05, 0.1) is 0 Å². The molecule has 0 fully saturated rings. The number of hydrogen-bond donors (Lipinski definition) is 2. The molecule has 4 heteroatoms. The first-order valence-corrected chi connectivity index (χ1v) is 11.1. The van der Waals surface area contributed by atoms with Crippen LogP contribution in [0.25, 0.3) is 0 Å². The lowest BCUT2D eigenvalue weighted by atomic mass is 10.2. The summed E-state index contributed by atoms with van der Waals surface area (Å²) in [5.41, 5.74) is 0. The lowest BCUT2D eigenvalue weighted by molar-refractivity contribution is 0.298. The van der Waals surface area contributed by atoms with Gasteiger partial charge in [0.25, 0.3) is 0 Å². The summed E-state index contributed by atoms with van der Waals surface area (Å²) in [6, 6.07) is 0. The lowest BCUT2D eigenvalue weighted by Crippen LogP contribution is -2.26. The molecule has 0 rings (SSSR count). The zero-order valence-corrected chi connectivity index (χ0v) is 18.2. The summed E-state index contributed by atoms with van der Waals surface area (Å²) in [7, 11) is 0. The van der Waals surface area contributed by atoms with E-state index in [-0.39, 0.29) is 0 Å². The smallest absolute Gasteiger partial charge is 0.0414 e. The van der Waals surface area contributed by atoms with Gasteiger partial charge in [0.2, 0.25) is 0 Å². The van der Waals surface area contributed by atoms with E-state index in [1.54, 1.807) is 0 Å². The first-order chi connectivity index (χ1) is 11.2. The van der Waals surface area contributed by atoms with Gasteiger partial charge in [-0.2, -0.15) is 25.3 Å². The van der Waals surface area contributed by atoms with Crippen molar-refractivity contribution in [3.63, 3.8) is 0 Å². The minimum atomic E-state index is 0.905. The van der Waals surface area contributed by atoms with Crippen molar-refractivity contribution >= 4 is 25.3 Å². The van der Waals surface area contributed by atoms with Crippen LogP contribution in [-0.2, 0) is 0 Å². The van der Waals surface area contributed by atoms with Crippen LogP contribution in [0, 0.1) is 0 Å². The summed E-state index contributed by atoms with van der Waals surface area (Å²) in [6.07, 6.45) is 10.9. The van der Waals surface area contributed by atoms with Crippen LogP contribution >= 0.6 is 25.3 Å². The Hall–Kier alpha value is 0.620. The predicted octanol–water partition coefficient (Wildman–Crippen LogP) is 5.59. The SMILES string of the molecule is CCCCCCN(CC)CCS.CCCCCCN(CC)CS. The number of hydrogen-bond acceptors (Lipinski definition) is 4. The maximum absolute atomic E-state index is 4.25. The Labute approximate surface area is 158 Å². The van der Waals surface area contributed by atoms with Gasteiger partial charge < -0.3 is 4.90 Å². The number of rotatable bonds is 15. The number of unbranched alkanes of at least 4 members (excludes halogenated alkanes) is 6. The highest BCUT2D eigenvalue weighted by Gasteiger charge is 1.99. The van der Waals surface area contributed by atoms with E-state index in [0.717, 1.165) is 24.7 Å². The van der Waals surface area contributed by atoms with E-state index in [9.17, 15) is 0 Å². The van der Waals surface area contributed by atoms with E-state index < -0.39 is 0 Å². The second-order valence-electron chi connectivity index (χ2n) is 6.13. The van der Waals surface area contributed by atoms with E-state index in [4.69, 9.17) is 0 Å². The molecule has 0 atom stereocenters. The van der Waals surface area contributed by atoms with Crippen LogP contribution in [0.15, 0.2) is 0 Å². The highest BCUT2D eigenvalue weighted by atomic mass is 32.1. The molecule has 0 aliphatic heterocycles. The molecule has 142 valence electrons. The van der Waals surface area contributed by atoms with Crippen molar-refractivity contribution in [2.45, 2.75) is 79.1 Å². The van der Waals surface area contributed by atoms with Gasteiger partial charge in [-0.1, -0.05) is 66.2 Å². The molecule has 0 N–H and O–H groups in total. The van der Waals surface area contributed by atoms with Crippen molar-refractivity contribution in [1.29, 1.82) is 0 Å². The third-order valence-electron chi connectivity index (χ3n) is 4.17. The molecule has 0 aliphatic carbocycles. The fourth-order valence-corrected chi connectivity index (χ4v) is 3.05. The zero-order chi connectivity index (χ0) is 17.8. The van der Waals surface area contributed by atoms with Crippen LogP contribution < -0.4 is 0 Å². The maximum atomic E-state index is 4.25. The van der Waals surface area contributed by atoms with Crippen molar-refractivity contribution in [2.24, 2.45) is 0 Å². The third kappa shape index (κ3) is 20.6. The summed E-state index contributed by atoms with van der Waals surface area (Å²) in [6.45, 7) is 14.9. The van der Waals surface area contributed by atoms with Gasteiger partial charge in [-0.15, -0.1) is 0 Å². The zero-order valence-electron chi connectivity index (χ0n) is 16.4. The molecular weight excluding hydrogens is 320 g/mol. The van der Waals surface area contributed by atoms with Gasteiger partial charge in [0.15, 0.2) is 0 Å². The fourth-order valence-electron chi connectivity index (χ4n) is 2.42. The van der Waals surface area contributed by atoms with Crippen LogP contribution in [0.4, 0.5) is 0 Å². The van der Waals surface area contributed by atoms with Gasteiger partial charge in [-0.05, 0) is 39.0 Å². The molecule has 2 nitrogen and oxygen atoms in total. The molecule has 0 heterocycles. The molecule has 0 saturated carbocycles. The van der Waals surface area contributed by atoms with Crippen molar-refractivity contribution in [2.75, 3.05) is 44.4 Å². The van der Waals surface area contributed by atoms with Gasteiger partial charge in [0.1, 0.15) is 0 Å². The maximum Gasteiger partial charge on any atom is 0.0414 e. The van der Waals surface area contributed by atoms with Gasteiger partial charge >= 0.3 is 0 Å². The van der Waals surface area contributed by atoms with Crippen LogP contribution in [0.5, 0.6) is 0 Å². The van der Waals surface area contributed by atoms with E-state index >= 15 is 0 Å². The van der Waals surface area contributed by atoms with E-state index in [1.165, 1.54) is 71.0 Å². The highest BCUT2D eigenvalue weighted by molar-refractivity contribution is 7.80. The van der Waals surface area contributed by atoms with E-state index in [2.05, 4.69) is 62.8 Å². The van der Waals surface area contributed by atoms with Crippen molar-refractivity contribution in [1.82, 2.24) is 9.80 Å². The van der Waals surface area contributed by atoms with Crippen molar-refractivity contribution in [3.8, 4) is 0 Å². The summed E-state index contributed by atoms with van der Waals surface area (Å²) < 4.78 is 0. The first-order valence-electron chi connectivity index (χ1n) is 9.86. The van der Waals surface area contributed by atoms with Crippen LogP contribution in [0.3, 0.4) is 0 Å². The predicted molar refractivity (Wildman–Crippen MR) is 115 cm³/mol. The Morgan fingerprint density at radius 1 is 0.565 bits per heavy atom. The summed E-state index contributed by atoms with van der Waals surface area (Å²) >= 11 is 8.48. The summed E-state index contributed by atoms with van der Waals surface area (Å²) in [5, 5.41) is 0. The summed E-state index contributed by atoms with van der Waals surface area (Å²) in [4.78, 5) is 4.83. The standard InChI is InChI=1S/C10H23NS.C9H21NS/c1-3-5-6-7-8-11(4-2)9-10-12;1-3-5-6-7-8-10(4-2)9-11/h12H,3-10H2,1-2H3;11H,3-9H2,1-2H3. The minimum Gasteiger partial charge on any atom is -0.303 e. The highest BCUT2D eigenvalue weighted by Crippen LogP contribution is 2.02. The van der Waals surface area contributed by atoms with Crippen molar-refractivity contribution < 1.29 is 0 Å². The number of thiol groups is 2. The quantitative estimate of drug-likeness (QED) is 0.222. The third-order valence-corrected chi connectivity index (χ3v) is 4.77. The molecule has 0 bridgehead atoms. The largest absolute Gasteiger partial charge is 0.303 e. The topological polar surface area (TPSA) is 6.48 Å². The molecule has 0 spiro atoms. The average Bonchev–Trinajstić information content (AvgIpc) is 2.58. The molecule has 0 aromatic rings. The lowest BCUT2D eigenvalue weighted by Gasteiger charge is -2.18. The Balaban J connectivity index is 0. The molecule has 0 aromatic heterocycles. The Morgan fingerprint density at radius 3 is 1.39 bits per heavy atom. The molecule has 0 aromatic carbocycles. The second-order valence-corrected chi connectivity index (χ2v) is 6.86. The fraction of sp³-hybridized carbons (Fsp3) is 1.00. The molecule has 0 radical (unpaired) electrons. The monoisotopic (exact) mass is 364 g/mol. The van der Waals surface area contributed by atoms with Crippen molar-refractivity contribution in [3.05, 3.63) is 0 Å². The Bertz CT molecular complexity index is 200. The van der Waals surface area contributed by atoms with E-state index in [1.807, 2.05) is 0 Å². The normalized spacial score (nSPS) is 11.0. The Kier molecular flexibility index (Phi) is 25.4. The molecule has 0 amide bonds. The molecule has 0 unspecified atom stereocenters. The number of nitrogens with zero attached hydrogens (tertiary/aromatic N) is 2. The summed E-state index contributed by atoms with van der Waals surface area (Å²) in [5.74, 6) is 1.89. The molecule has 0 aliphatic rings. The van der Waals surface area contributed by atoms with Crippen LogP contribution in [0.1, 0.15) is 79.1 Å². The molecule has 0 saturated heterocycles. The Morgan fingerprint density at radius 2 is 1.04 bits per heavy atom. The second kappa shape index (κ2) is 22.6. The van der Waals surface area contributed by atoms with Gasteiger partial charge in [-0.25, -0.2) is 0 Å². The molecule has 23 heavy (non-hydrogen) atoms. The van der Waals surface area contributed by atoms with Gasteiger partial charge in [-0.3, -0.25) is 4.90 Å². The van der Waals surface area contributed by atoms with E-state index in [0.29, 0.717) is 0 Å². The minimum absolute atomic E-state index is 0.905. The van der Waals surface area contributed by atoms with Crippen LogP contribution in [-0.4, -0.2) is 54.2 Å². The molecular formula is C19H44N2S2.